The number of aromatic hydroxyl groups is 1. The number of rotatable bonds is 6. The monoisotopic (exact) mass is 665 g/mol. The van der Waals surface area contributed by atoms with Gasteiger partial charge in [-0.15, -0.1) is 0 Å². The molecule has 2 unspecified atom stereocenters. The Morgan fingerprint density at radius 1 is 0.939 bits per heavy atom. The van der Waals surface area contributed by atoms with E-state index >= 15 is 0 Å². The number of ketones is 2. The minimum Gasteiger partial charge on any atom is -0.507 e. The number of phenolic OH excluding ortho intramolecular Hbond substituents is 1. The fourth-order valence-corrected chi connectivity index (χ4v) is 7.50. The number of fused-ring (bicyclic) bond motifs is 4. The van der Waals surface area contributed by atoms with Gasteiger partial charge in [-0.1, -0.05) is 18.2 Å². The van der Waals surface area contributed by atoms with E-state index in [0.717, 1.165) is 10.1 Å². The van der Waals surface area contributed by atoms with E-state index in [1.165, 1.54) is 34.2 Å². The number of Topliss-reactive ketones (excluding diaryl/α,β-unsaturated/α-hetero) is 1. The first-order chi connectivity index (χ1) is 23.4. The van der Waals surface area contributed by atoms with Crippen molar-refractivity contribution in [3.63, 3.8) is 0 Å². The highest BCUT2D eigenvalue weighted by Gasteiger charge is 2.45. The van der Waals surface area contributed by atoms with Crippen LogP contribution in [0, 0.1) is 13.8 Å². The maximum Gasteiger partial charge on any atom is 0.347 e. The normalized spacial score (nSPS) is 18.6. The lowest BCUT2D eigenvalue weighted by Crippen LogP contribution is -2.41. The number of hydrogen-bond donors (Lipinski definition) is 1. The van der Waals surface area contributed by atoms with Crippen molar-refractivity contribution < 1.29 is 24.2 Å². The Balaban J connectivity index is 1.30. The number of carbonyl (C=O) groups is 2. The summed E-state index contributed by atoms with van der Waals surface area (Å²) in [6.07, 6.45) is 3.24. The molecule has 1 aliphatic heterocycles. The number of nitrogens with zero attached hydrogens (tertiary/aromatic N) is 5. The van der Waals surface area contributed by atoms with Gasteiger partial charge in [0.1, 0.15) is 11.4 Å². The third-order valence-electron chi connectivity index (χ3n) is 9.98. The molecule has 13 heteroatoms. The zero-order chi connectivity index (χ0) is 35.0. The molecule has 4 aromatic rings. The summed E-state index contributed by atoms with van der Waals surface area (Å²) < 4.78 is 16.0. The zero-order valence-electron chi connectivity index (χ0n) is 28.0. The maximum absolute atomic E-state index is 14.1. The molecule has 2 aromatic heterocycles. The predicted octanol–water partition coefficient (Wildman–Crippen LogP) is 2.70. The van der Waals surface area contributed by atoms with Crippen LogP contribution in [-0.2, 0) is 36.1 Å². The van der Waals surface area contributed by atoms with Gasteiger partial charge in [-0.3, -0.25) is 14.4 Å². The van der Waals surface area contributed by atoms with E-state index in [1.54, 1.807) is 52.1 Å². The molecule has 49 heavy (non-hydrogen) atoms. The van der Waals surface area contributed by atoms with Crippen LogP contribution in [0.4, 0.5) is 0 Å². The molecule has 1 N–H and O–H groups in total. The van der Waals surface area contributed by atoms with Crippen molar-refractivity contribution in [2.75, 3.05) is 14.2 Å². The third-order valence-corrected chi connectivity index (χ3v) is 9.98. The molecular weight excluding hydrogens is 630 g/mol. The van der Waals surface area contributed by atoms with Crippen molar-refractivity contribution in [3.05, 3.63) is 112 Å². The molecule has 3 aliphatic rings. The zero-order valence-corrected chi connectivity index (χ0v) is 28.0. The molecule has 0 fully saturated rings. The van der Waals surface area contributed by atoms with Crippen LogP contribution in [0.25, 0.3) is 11.0 Å². The molecule has 0 amide bonds. The van der Waals surface area contributed by atoms with Gasteiger partial charge in [-0.2, -0.15) is 0 Å². The highest BCUT2D eigenvalue weighted by atomic mass is 16.5. The fourth-order valence-electron chi connectivity index (χ4n) is 7.50. The van der Waals surface area contributed by atoms with E-state index < -0.39 is 23.3 Å². The van der Waals surface area contributed by atoms with E-state index in [0.29, 0.717) is 55.9 Å². The van der Waals surface area contributed by atoms with Gasteiger partial charge in [0.25, 0.3) is 5.56 Å². The number of methoxy groups -OCH3 is 2. The number of aryl methyl sites for hydroxylation is 4. The van der Waals surface area contributed by atoms with E-state index in [2.05, 4.69) is 4.98 Å². The topological polar surface area (TPSA) is 157 Å². The lowest BCUT2D eigenvalue weighted by atomic mass is 9.67. The molecule has 2 aromatic carbocycles. The first-order valence-electron chi connectivity index (χ1n) is 15.9. The molecule has 2 aliphatic carbocycles. The Hall–Kier alpha value is -5.72. The average Bonchev–Trinajstić information content (AvgIpc) is 3.33. The van der Waals surface area contributed by atoms with Gasteiger partial charge >= 0.3 is 11.4 Å². The van der Waals surface area contributed by atoms with Gasteiger partial charge in [-0.05, 0) is 49.1 Å². The second-order valence-corrected chi connectivity index (χ2v) is 12.8. The van der Waals surface area contributed by atoms with Crippen LogP contribution in [-0.4, -0.2) is 54.4 Å². The number of ether oxygens (including phenoxy) is 2. The van der Waals surface area contributed by atoms with E-state index in [4.69, 9.17) is 9.47 Å². The third kappa shape index (κ3) is 4.74. The van der Waals surface area contributed by atoms with Crippen LogP contribution in [0.3, 0.4) is 0 Å². The van der Waals surface area contributed by atoms with Crippen molar-refractivity contribution in [3.8, 4) is 17.2 Å². The summed E-state index contributed by atoms with van der Waals surface area (Å²) in [6.45, 7) is 5.10. The summed E-state index contributed by atoms with van der Waals surface area (Å²) in [5.41, 5.74) is 3.34. The summed E-state index contributed by atoms with van der Waals surface area (Å²) in [5.74, 6) is -0.178. The van der Waals surface area contributed by atoms with Gasteiger partial charge in [-0.25, -0.2) is 28.5 Å². The quantitative estimate of drug-likeness (QED) is 0.242. The second kappa shape index (κ2) is 11.5. The van der Waals surface area contributed by atoms with Crippen molar-refractivity contribution in [1.82, 2.24) is 23.5 Å². The summed E-state index contributed by atoms with van der Waals surface area (Å²) in [4.78, 5) is 72.8. The highest BCUT2D eigenvalue weighted by molar-refractivity contribution is 6.23. The number of allylic oxidation sites excluding steroid dienone is 6. The minimum absolute atomic E-state index is 0.00210. The van der Waals surface area contributed by atoms with Crippen molar-refractivity contribution in [1.29, 1.82) is 0 Å². The van der Waals surface area contributed by atoms with Gasteiger partial charge < -0.3 is 19.1 Å². The standard InChI is InChI=1S/C36H35N5O8/c1-17-11-20(12-18(2)32(17)43)30-21-7-10-40-35(46)39(36(47)41(40)25(21)14-22-27(42)13-19(3)33(44)31(22)30)9-8-23-34(45)38(4)26-16-29(49-6)28(48-5)15-24(26)37-23/h7,11-13,15-16,25,30,43H,8-10,14H2,1-6H3. The van der Waals surface area contributed by atoms with Crippen LogP contribution in [0.5, 0.6) is 17.2 Å². The number of hydrogen-bond acceptors (Lipinski definition) is 9. The molecule has 252 valence electrons. The first-order valence-corrected chi connectivity index (χ1v) is 15.9. The predicted molar refractivity (Wildman–Crippen MR) is 180 cm³/mol. The Morgan fingerprint density at radius 3 is 2.29 bits per heavy atom. The van der Waals surface area contributed by atoms with Crippen molar-refractivity contribution >= 4 is 22.6 Å². The lowest BCUT2D eigenvalue weighted by molar-refractivity contribution is -0.116. The number of phenols is 1. The Bertz CT molecular complexity index is 2410. The van der Waals surface area contributed by atoms with Crippen LogP contribution in [0.15, 0.2) is 73.1 Å². The molecular formula is C36H35N5O8. The molecule has 3 heterocycles. The minimum atomic E-state index is -0.717. The van der Waals surface area contributed by atoms with Gasteiger partial charge in [0.15, 0.2) is 23.1 Å². The Kier molecular flexibility index (Phi) is 7.45. The Morgan fingerprint density at radius 2 is 1.61 bits per heavy atom. The molecule has 0 saturated heterocycles. The highest BCUT2D eigenvalue weighted by Crippen LogP contribution is 2.50. The number of benzene rings is 2. The number of carbonyl (C=O) groups excluding carboxylic acids is 2. The second-order valence-electron chi connectivity index (χ2n) is 12.8. The van der Waals surface area contributed by atoms with Crippen molar-refractivity contribution in [2.24, 2.45) is 7.05 Å². The molecule has 0 radical (unpaired) electrons. The SMILES string of the molecule is COc1cc2nc(CCn3c(=O)n4n(c3=O)C3CC5=C(C(=O)C(C)=CC5=O)C(c5cc(C)c(O)c(C)c5)C3=CC4)c(=O)n(C)c2cc1OC. The summed E-state index contributed by atoms with van der Waals surface area (Å²) >= 11 is 0. The molecule has 0 bridgehead atoms. The molecule has 2 atom stereocenters. The van der Waals surface area contributed by atoms with E-state index in [-0.39, 0.29) is 54.5 Å². The smallest absolute Gasteiger partial charge is 0.347 e. The number of aromatic nitrogens is 5. The molecule has 7 rings (SSSR count). The van der Waals surface area contributed by atoms with Crippen LogP contribution < -0.4 is 26.4 Å². The molecule has 0 spiro atoms. The molecule has 13 nitrogen and oxygen atoms in total. The van der Waals surface area contributed by atoms with Gasteiger partial charge in [0.05, 0.1) is 37.8 Å². The van der Waals surface area contributed by atoms with Gasteiger partial charge in [0, 0.05) is 61.2 Å². The average molecular weight is 666 g/mol. The maximum atomic E-state index is 14.1. The Labute approximate surface area is 279 Å². The van der Waals surface area contributed by atoms with Crippen LogP contribution >= 0.6 is 0 Å². The van der Waals surface area contributed by atoms with Crippen molar-refractivity contribution in [2.45, 2.75) is 58.7 Å². The van der Waals surface area contributed by atoms with Gasteiger partial charge in [0.2, 0.25) is 0 Å². The summed E-state index contributed by atoms with van der Waals surface area (Å²) in [7, 11) is 4.61. The lowest BCUT2D eigenvalue weighted by Gasteiger charge is -2.39. The summed E-state index contributed by atoms with van der Waals surface area (Å²) in [6, 6.07) is 6.20. The fraction of sp³-hybridized carbons (Fsp3) is 0.333. The van der Waals surface area contributed by atoms with Crippen LogP contribution in [0.2, 0.25) is 0 Å². The largest absolute Gasteiger partial charge is 0.507 e. The summed E-state index contributed by atoms with van der Waals surface area (Å²) in [5, 5.41) is 10.5. The first kappa shape index (κ1) is 31.9. The van der Waals surface area contributed by atoms with Crippen LogP contribution in [0.1, 0.15) is 47.7 Å². The molecule has 0 saturated carbocycles. The van der Waals surface area contributed by atoms with E-state index in [9.17, 15) is 29.1 Å². The van der Waals surface area contributed by atoms with E-state index in [1.807, 2.05) is 6.08 Å².